The molecular weight excluding hydrogens is 565 g/mol. The van der Waals surface area contributed by atoms with E-state index in [1.54, 1.807) is 30.3 Å². The highest BCUT2D eigenvalue weighted by atomic mass is 32.2. The van der Waals surface area contributed by atoms with Gasteiger partial charge in [-0.3, -0.25) is 4.79 Å². The second-order valence-electron chi connectivity index (χ2n) is 11.6. The zero-order valence-electron chi connectivity index (χ0n) is 25.2. The van der Waals surface area contributed by atoms with Gasteiger partial charge < -0.3 is 15.0 Å². The van der Waals surface area contributed by atoms with Crippen molar-refractivity contribution in [2.75, 3.05) is 40.4 Å². The lowest BCUT2D eigenvalue weighted by Crippen LogP contribution is -2.35. The molecule has 0 spiro atoms. The fraction of sp³-hybridized carbons (Fsp3) is 0.441. The van der Waals surface area contributed by atoms with Gasteiger partial charge in [0.15, 0.2) is 0 Å². The molecule has 0 bridgehead atoms. The van der Waals surface area contributed by atoms with Crippen molar-refractivity contribution in [3.8, 4) is 0 Å². The van der Waals surface area contributed by atoms with Crippen LogP contribution in [0.4, 0.5) is 4.39 Å². The third-order valence-corrected chi connectivity index (χ3v) is 10.1. The second-order valence-corrected chi connectivity index (χ2v) is 13.5. The van der Waals surface area contributed by atoms with Crippen LogP contribution in [0.2, 0.25) is 0 Å². The van der Waals surface area contributed by atoms with Crippen LogP contribution in [-0.4, -0.2) is 63.9 Å². The molecule has 0 saturated heterocycles. The molecule has 1 saturated carbocycles. The number of carbonyl (C=O) groups is 1. The van der Waals surface area contributed by atoms with Gasteiger partial charge >= 0.3 is 0 Å². The molecule has 0 aromatic heterocycles. The predicted molar refractivity (Wildman–Crippen MR) is 167 cm³/mol. The van der Waals surface area contributed by atoms with Gasteiger partial charge in [0.1, 0.15) is 12.4 Å². The Labute approximate surface area is 256 Å². The predicted octanol–water partition coefficient (Wildman–Crippen LogP) is 5.65. The standard InChI is InChI=1S/C34H44FN3O4S/c1-37(2)34(30-17-19-31(35)20-18-30)29-15-13-27(14-16-29)21-22-36-33(39)26-42-24-23-38(25-28-9-5-3-6-10-28)43(40,41)32-11-7-4-8-12-32/h3-12,17-20,27,29,34H,13-16,21-26H2,1-2H3,(H,36,39). The molecule has 3 aromatic carbocycles. The van der Waals surface area contributed by atoms with Crippen molar-refractivity contribution in [2.24, 2.45) is 11.8 Å². The molecule has 0 radical (unpaired) electrons. The van der Waals surface area contributed by atoms with Crippen LogP contribution in [0.25, 0.3) is 0 Å². The molecule has 43 heavy (non-hydrogen) atoms. The largest absolute Gasteiger partial charge is 0.370 e. The molecule has 1 aliphatic rings. The maximum atomic E-state index is 13.4. The molecular formula is C34H44FN3O4S. The highest BCUT2D eigenvalue weighted by Gasteiger charge is 2.30. The first-order chi connectivity index (χ1) is 20.7. The monoisotopic (exact) mass is 609 g/mol. The normalized spacial score (nSPS) is 18.1. The van der Waals surface area contributed by atoms with Crippen molar-refractivity contribution in [3.05, 3.63) is 102 Å². The Balaban J connectivity index is 1.18. The quantitative estimate of drug-likeness (QED) is 0.226. The number of amides is 1. The fourth-order valence-electron chi connectivity index (χ4n) is 6.06. The SMILES string of the molecule is CN(C)C(c1ccc(F)cc1)C1CCC(CCNC(=O)COCCN(Cc2ccccc2)S(=O)(=O)c2ccccc2)CC1. The Kier molecular flexibility index (Phi) is 12.3. The first-order valence-corrected chi connectivity index (χ1v) is 16.5. The average molecular weight is 610 g/mol. The molecule has 1 aliphatic carbocycles. The van der Waals surface area contributed by atoms with Crippen LogP contribution in [0.1, 0.15) is 49.3 Å². The summed E-state index contributed by atoms with van der Waals surface area (Å²) < 4.78 is 47.0. The van der Waals surface area contributed by atoms with Crippen molar-refractivity contribution >= 4 is 15.9 Å². The number of nitrogens with one attached hydrogen (secondary N) is 1. The van der Waals surface area contributed by atoms with E-state index in [-0.39, 0.29) is 49.0 Å². The molecule has 1 atom stereocenters. The molecule has 232 valence electrons. The Morgan fingerprint density at radius 1 is 0.930 bits per heavy atom. The van der Waals surface area contributed by atoms with Crippen LogP contribution in [0.3, 0.4) is 0 Å². The van der Waals surface area contributed by atoms with Gasteiger partial charge in [-0.05, 0) is 80.6 Å². The summed E-state index contributed by atoms with van der Waals surface area (Å²) in [6.07, 6.45) is 5.34. The molecule has 0 heterocycles. The second kappa shape index (κ2) is 16.1. The first kappa shape index (κ1) is 32.8. The number of halogens is 1. The van der Waals surface area contributed by atoms with Crippen LogP contribution in [0.15, 0.2) is 89.8 Å². The smallest absolute Gasteiger partial charge is 0.245 e. The fourth-order valence-corrected chi connectivity index (χ4v) is 7.49. The number of carbonyl (C=O) groups excluding carboxylic acids is 1. The van der Waals surface area contributed by atoms with Crippen molar-refractivity contribution in [1.82, 2.24) is 14.5 Å². The molecule has 9 heteroatoms. The van der Waals surface area contributed by atoms with Gasteiger partial charge in [0, 0.05) is 25.7 Å². The minimum Gasteiger partial charge on any atom is -0.370 e. The molecule has 4 rings (SSSR count). The molecule has 1 fully saturated rings. The van der Waals surface area contributed by atoms with Crippen LogP contribution < -0.4 is 5.32 Å². The summed E-state index contributed by atoms with van der Waals surface area (Å²) in [7, 11) is 0.445. The van der Waals surface area contributed by atoms with Crippen molar-refractivity contribution < 1.29 is 22.3 Å². The minimum absolute atomic E-state index is 0.109. The Morgan fingerprint density at radius 2 is 1.56 bits per heavy atom. The van der Waals surface area contributed by atoms with Crippen LogP contribution in [0.5, 0.6) is 0 Å². The molecule has 1 amide bonds. The maximum absolute atomic E-state index is 13.4. The van der Waals surface area contributed by atoms with E-state index in [9.17, 15) is 17.6 Å². The number of rotatable bonds is 15. The van der Waals surface area contributed by atoms with E-state index < -0.39 is 10.0 Å². The van der Waals surface area contributed by atoms with Crippen LogP contribution >= 0.6 is 0 Å². The lowest BCUT2D eigenvalue weighted by atomic mass is 9.75. The topological polar surface area (TPSA) is 79.0 Å². The number of hydrogen-bond acceptors (Lipinski definition) is 5. The van der Waals surface area contributed by atoms with Crippen molar-refractivity contribution in [3.63, 3.8) is 0 Å². The third-order valence-electron chi connectivity index (χ3n) is 8.28. The van der Waals surface area contributed by atoms with E-state index in [1.165, 1.54) is 16.4 Å². The summed E-state index contributed by atoms with van der Waals surface area (Å²) in [5, 5.41) is 2.96. The Morgan fingerprint density at radius 3 is 2.19 bits per heavy atom. The van der Waals surface area contributed by atoms with Crippen LogP contribution in [0, 0.1) is 17.7 Å². The molecule has 1 unspecified atom stereocenters. The average Bonchev–Trinajstić information content (AvgIpc) is 3.01. The third kappa shape index (κ3) is 9.69. The van der Waals surface area contributed by atoms with Gasteiger partial charge in [0.05, 0.1) is 11.5 Å². The maximum Gasteiger partial charge on any atom is 0.245 e. The van der Waals surface area contributed by atoms with E-state index in [0.29, 0.717) is 18.4 Å². The van der Waals surface area contributed by atoms with Crippen molar-refractivity contribution in [1.29, 1.82) is 0 Å². The summed E-state index contributed by atoms with van der Waals surface area (Å²) in [5.74, 6) is 0.673. The molecule has 3 aromatic rings. The molecule has 1 N–H and O–H groups in total. The Bertz CT molecular complexity index is 1360. The minimum atomic E-state index is -3.72. The lowest BCUT2D eigenvalue weighted by molar-refractivity contribution is -0.125. The number of sulfonamides is 1. The zero-order valence-corrected chi connectivity index (χ0v) is 26.0. The van der Waals surface area contributed by atoms with E-state index >= 15 is 0 Å². The van der Waals surface area contributed by atoms with Crippen LogP contribution in [-0.2, 0) is 26.1 Å². The summed E-state index contributed by atoms with van der Waals surface area (Å²) >= 11 is 0. The van der Waals surface area contributed by atoms with Gasteiger partial charge in [0.2, 0.25) is 15.9 Å². The van der Waals surface area contributed by atoms with E-state index in [2.05, 4.69) is 24.3 Å². The van der Waals surface area contributed by atoms with Gasteiger partial charge in [0.25, 0.3) is 0 Å². The molecule has 7 nitrogen and oxygen atoms in total. The summed E-state index contributed by atoms with van der Waals surface area (Å²) in [6.45, 7) is 0.940. The lowest BCUT2D eigenvalue weighted by Gasteiger charge is -2.37. The van der Waals surface area contributed by atoms with E-state index in [1.807, 2.05) is 42.5 Å². The van der Waals surface area contributed by atoms with E-state index in [4.69, 9.17) is 4.74 Å². The first-order valence-electron chi connectivity index (χ1n) is 15.1. The van der Waals surface area contributed by atoms with E-state index in [0.717, 1.165) is 43.2 Å². The number of nitrogens with zero attached hydrogens (tertiary/aromatic N) is 2. The van der Waals surface area contributed by atoms with Gasteiger partial charge in [-0.1, -0.05) is 73.5 Å². The Hall–Kier alpha value is -3.11. The van der Waals surface area contributed by atoms with Gasteiger partial charge in [-0.25, -0.2) is 12.8 Å². The highest BCUT2D eigenvalue weighted by Crippen LogP contribution is 2.40. The van der Waals surface area contributed by atoms with Crippen molar-refractivity contribution in [2.45, 2.75) is 49.6 Å². The summed E-state index contributed by atoms with van der Waals surface area (Å²) in [5.41, 5.74) is 2.03. The number of hydrogen-bond donors (Lipinski definition) is 1. The van der Waals surface area contributed by atoms with Gasteiger partial charge in [-0.2, -0.15) is 4.31 Å². The summed E-state index contributed by atoms with van der Waals surface area (Å²) in [4.78, 5) is 14.9. The number of ether oxygens (including phenoxy) is 1. The number of benzene rings is 3. The summed E-state index contributed by atoms with van der Waals surface area (Å²) in [6, 6.07) is 24.9. The highest BCUT2D eigenvalue weighted by molar-refractivity contribution is 7.89. The molecule has 0 aliphatic heterocycles. The zero-order chi connectivity index (χ0) is 30.7. The van der Waals surface area contributed by atoms with Gasteiger partial charge in [-0.15, -0.1) is 0 Å².